The third kappa shape index (κ3) is 4.12. The lowest BCUT2D eigenvalue weighted by Gasteiger charge is -2.70. The minimum atomic E-state index is -0.178. The molecule has 7 heteroatoms. The normalized spacial score (nSPS) is 24.2. The van der Waals surface area contributed by atoms with E-state index in [9.17, 15) is 9.59 Å². The molecule has 3 saturated carbocycles. The summed E-state index contributed by atoms with van der Waals surface area (Å²) < 4.78 is 5.49. The Bertz CT molecular complexity index is 939. The first-order valence-electron chi connectivity index (χ1n) is 9.69. The zero-order valence-corrected chi connectivity index (χ0v) is 17.6. The first-order valence-corrected chi connectivity index (χ1v) is 10.4. The molecule has 2 aromatic rings. The van der Waals surface area contributed by atoms with Crippen LogP contribution in [0, 0.1) is 5.41 Å². The lowest BCUT2D eigenvalue weighted by atomic mass is 9.38. The van der Waals surface area contributed by atoms with Gasteiger partial charge >= 0.3 is 0 Å². The second-order valence-electron chi connectivity index (χ2n) is 8.22. The van der Waals surface area contributed by atoms with Gasteiger partial charge in [-0.25, -0.2) is 0 Å². The van der Waals surface area contributed by atoms with E-state index < -0.39 is 0 Å². The van der Waals surface area contributed by atoms with E-state index in [4.69, 9.17) is 27.9 Å². The molecule has 0 spiro atoms. The zero-order chi connectivity index (χ0) is 20.6. The number of rotatable bonds is 8. The van der Waals surface area contributed by atoms with Gasteiger partial charge in [0.15, 0.2) is 12.4 Å². The molecule has 1 N–H and O–H groups in total. The van der Waals surface area contributed by atoms with E-state index in [1.165, 1.54) is 0 Å². The van der Waals surface area contributed by atoms with Gasteiger partial charge in [0.25, 0.3) is 5.91 Å². The molecule has 0 radical (unpaired) electrons. The number of amides is 1. The number of pyridine rings is 1. The van der Waals surface area contributed by atoms with Crippen molar-refractivity contribution in [1.29, 1.82) is 0 Å². The van der Waals surface area contributed by atoms with Crippen LogP contribution in [-0.2, 0) is 11.2 Å². The van der Waals surface area contributed by atoms with E-state index in [1.54, 1.807) is 24.4 Å². The van der Waals surface area contributed by atoms with Gasteiger partial charge in [-0.1, -0.05) is 30.1 Å². The average Bonchev–Trinajstić information content (AvgIpc) is 2.66. The van der Waals surface area contributed by atoms with Crippen LogP contribution in [0.4, 0.5) is 0 Å². The Kier molecular flexibility index (Phi) is 5.30. The van der Waals surface area contributed by atoms with Crippen LogP contribution in [-0.4, -0.2) is 28.8 Å². The fourth-order valence-electron chi connectivity index (χ4n) is 4.61. The third-order valence-electron chi connectivity index (χ3n) is 5.85. The Morgan fingerprint density at radius 2 is 1.90 bits per heavy atom. The smallest absolute Gasteiger partial charge is 0.258 e. The number of aryl methyl sites for hydroxylation is 1. The maximum Gasteiger partial charge on any atom is 0.258 e. The number of ether oxygens (including phenoxy) is 1. The van der Waals surface area contributed by atoms with Gasteiger partial charge in [-0.3, -0.25) is 14.6 Å². The van der Waals surface area contributed by atoms with Crippen LogP contribution in [0.15, 0.2) is 36.5 Å². The molecule has 1 amide bonds. The summed E-state index contributed by atoms with van der Waals surface area (Å²) in [5.74, 6) is 0.453. The van der Waals surface area contributed by atoms with Gasteiger partial charge in [-0.2, -0.15) is 0 Å². The molecule has 2 bridgehead atoms. The number of hydrogen-bond acceptors (Lipinski definition) is 4. The quantitative estimate of drug-likeness (QED) is 0.616. The number of benzene rings is 1. The van der Waals surface area contributed by atoms with Crippen molar-refractivity contribution in [2.75, 3.05) is 6.61 Å². The number of nitrogens with one attached hydrogen (secondary N) is 1. The van der Waals surface area contributed by atoms with Gasteiger partial charge < -0.3 is 10.1 Å². The fraction of sp³-hybridized carbons (Fsp3) is 0.409. The molecular weight excluding hydrogens is 411 g/mol. The van der Waals surface area contributed by atoms with E-state index in [0.717, 1.165) is 31.4 Å². The third-order valence-corrected chi connectivity index (χ3v) is 6.59. The number of nitrogens with zero attached hydrogens (tertiary/aromatic N) is 1. The molecule has 3 aliphatic carbocycles. The van der Waals surface area contributed by atoms with E-state index in [1.807, 2.05) is 19.1 Å². The first kappa shape index (κ1) is 20.2. The highest BCUT2D eigenvalue weighted by Crippen LogP contribution is 2.69. The largest absolute Gasteiger partial charge is 0.484 e. The molecule has 0 atom stereocenters. The van der Waals surface area contributed by atoms with Crippen molar-refractivity contribution in [2.45, 2.75) is 44.6 Å². The highest BCUT2D eigenvalue weighted by Gasteiger charge is 2.68. The van der Waals surface area contributed by atoms with Crippen molar-refractivity contribution in [3.63, 3.8) is 0 Å². The summed E-state index contributed by atoms with van der Waals surface area (Å²) in [7, 11) is 0. The van der Waals surface area contributed by atoms with Crippen molar-refractivity contribution in [1.82, 2.24) is 10.3 Å². The second-order valence-corrected chi connectivity index (χ2v) is 9.03. The van der Waals surface area contributed by atoms with E-state index in [2.05, 4.69) is 10.3 Å². The summed E-state index contributed by atoms with van der Waals surface area (Å²) in [6.07, 6.45) is 5.55. The number of aromatic nitrogens is 1. The topological polar surface area (TPSA) is 68.3 Å². The maximum absolute atomic E-state index is 12.5. The molecule has 152 valence electrons. The highest BCUT2D eigenvalue weighted by molar-refractivity contribution is 6.42. The summed E-state index contributed by atoms with van der Waals surface area (Å²) >= 11 is 11.8. The SMILES string of the molecule is CCc1ccc(C(=O)CC23CC(NC(=O)COc4ccc(Cl)c(Cl)c4)(C2)C3)cn1. The summed E-state index contributed by atoms with van der Waals surface area (Å²) in [6, 6.07) is 8.65. The minimum absolute atomic E-state index is 0.0261. The maximum atomic E-state index is 12.5. The Labute approximate surface area is 179 Å². The summed E-state index contributed by atoms with van der Waals surface area (Å²) in [5, 5.41) is 3.88. The van der Waals surface area contributed by atoms with Crippen LogP contribution < -0.4 is 10.1 Å². The van der Waals surface area contributed by atoms with Crippen molar-refractivity contribution in [3.05, 3.63) is 57.8 Å². The lowest BCUT2D eigenvalue weighted by Crippen LogP contribution is -2.75. The van der Waals surface area contributed by atoms with Gasteiger partial charge in [-0.15, -0.1) is 0 Å². The molecule has 5 nitrogen and oxygen atoms in total. The van der Waals surface area contributed by atoms with Crippen molar-refractivity contribution in [3.8, 4) is 5.75 Å². The molecule has 29 heavy (non-hydrogen) atoms. The summed E-state index contributed by atoms with van der Waals surface area (Å²) in [4.78, 5) is 29.1. The molecular formula is C22H22Cl2N2O3. The minimum Gasteiger partial charge on any atom is -0.484 e. The van der Waals surface area contributed by atoms with Crippen LogP contribution >= 0.6 is 23.2 Å². The molecule has 1 heterocycles. The number of carbonyl (C=O) groups excluding carboxylic acids is 2. The Morgan fingerprint density at radius 3 is 2.52 bits per heavy atom. The molecule has 0 saturated heterocycles. The van der Waals surface area contributed by atoms with Gasteiger partial charge in [0.1, 0.15) is 5.75 Å². The van der Waals surface area contributed by atoms with Gasteiger partial charge in [-0.05, 0) is 55.4 Å². The Morgan fingerprint density at radius 1 is 1.14 bits per heavy atom. The van der Waals surface area contributed by atoms with Gasteiger partial charge in [0.2, 0.25) is 0 Å². The molecule has 3 aliphatic rings. The monoisotopic (exact) mass is 432 g/mol. The number of carbonyl (C=O) groups is 2. The van der Waals surface area contributed by atoms with Gasteiger partial charge in [0, 0.05) is 35.5 Å². The second kappa shape index (κ2) is 7.62. The Hall–Kier alpha value is -2.11. The predicted molar refractivity (Wildman–Crippen MR) is 112 cm³/mol. The first-order chi connectivity index (χ1) is 13.8. The average molecular weight is 433 g/mol. The van der Waals surface area contributed by atoms with Crippen molar-refractivity contribution in [2.24, 2.45) is 5.41 Å². The summed E-state index contributed by atoms with van der Waals surface area (Å²) in [5.41, 5.74) is 1.50. The molecule has 0 aliphatic heterocycles. The molecule has 5 rings (SSSR count). The molecule has 1 aromatic heterocycles. The lowest BCUT2D eigenvalue weighted by molar-refractivity contribution is -0.164. The van der Waals surface area contributed by atoms with Crippen LogP contribution in [0.2, 0.25) is 10.0 Å². The van der Waals surface area contributed by atoms with Crippen LogP contribution in [0.1, 0.15) is 48.7 Å². The number of ketones is 1. The number of Topliss-reactive ketones (excluding diaryl/α,β-unsaturated/α-hetero) is 1. The van der Waals surface area contributed by atoms with E-state index >= 15 is 0 Å². The number of halogens is 2. The van der Waals surface area contributed by atoms with Crippen LogP contribution in [0.5, 0.6) is 5.75 Å². The molecule has 0 unspecified atom stereocenters. The van der Waals surface area contributed by atoms with E-state index in [0.29, 0.717) is 27.8 Å². The van der Waals surface area contributed by atoms with Crippen LogP contribution in [0.3, 0.4) is 0 Å². The Balaban J connectivity index is 1.23. The predicted octanol–water partition coefficient (Wildman–Crippen LogP) is 4.64. The zero-order valence-electron chi connectivity index (χ0n) is 16.1. The highest BCUT2D eigenvalue weighted by atomic mass is 35.5. The fourth-order valence-corrected chi connectivity index (χ4v) is 4.89. The molecule has 1 aromatic carbocycles. The summed E-state index contributed by atoms with van der Waals surface area (Å²) in [6.45, 7) is 1.95. The van der Waals surface area contributed by atoms with Gasteiger partial charge in [0.05, 0.1) is 10.0 Å². The van der Waals surface area contributed by atoms with E-state index in [-0.39, 0.29) is 29.3 Å². The van der Waals surface area contributed by atoms with Crippen molar-refractivity contribution < 1.29 is 14.3 Å². The number of hydrogen-bond donors (Lipinski definition) is 1. The standard InChI is InChI=1S/C22H22Cl2N2O3/c1-2-15-4-3-14(9-25-15)19(27)8-21-11-22(12-21,13-21)26-20(28)10-29-16-5-6-17(23)18(24)7-16/h3-7,9H,2,8,10-13H2,1H3,(H,26,28). The molecule has 3 fully saturated rings. The van der Waals surface area contributed by atoms with Crippen molar-refractivity contribution >= 4 is 34.9 Å². The van der Waals surface area contributed by atoms with Crippen LogP contribution in [0.25, 0.3) is 0 Å².